The lowest BCUT2D eigenvalue weighted by Gasteiger charge is -2.39. The van der Waals surface area contributed by atoms with Gasteiger partial charge in [-0.3, -0.25) is 4.79 Å². The summed E-state index contributed by atoms with van der Waals surface area (Å²) in [5.41, 5.74) is 2.60. The van der Waals surface area contributed by atoms with E-state index in [4.69, 9.17) is 18.9 Å². The van der Waals surface area contributed by atoms with Crippen LogP contribution >= 0.6 is 0 Å². The first-order valence-electron chi connectivity index (χ1n) is 13.5. The van der Waals surface area contributed by atoms with Gasteiger partial charge in [-0.25, -0.2) is 0 Å². The van der Waals surface area contributed by atoms with Gasteiger partial charge in [-0.1, -0.05) is 18.2 Å². The Kier molecular flexibility index (Phi) is 9.52. The van der Waals surface area contributed by atoms with Crippen molar-refractivity contribution in [1.82, 2.24) is 5.32 Å². The Morgan fingerprint density at radius 2 is 1.97 bits per heavy atom. The number of carboxylic acid groups (broad SMARTS) is 1. The summed E-state index contributed by atoms with van der Waals surface area (Å²) >= 11 is 0. The molecule has 2 aromatic rings. The van der Waals surface area contributed by atoms with Gasteiger partial charge in [0.2, 0.25) is 0 Å². The number of benzene rings is 2. The Balaban J connectivity index is 1.47. The molecular weight excluding hydrogens is 484 g/mol. The molecule has 4 rings (SSSR count). The lowest BCUT2D eigenvalue weighted by Crippen LogP contribution is -2.49. The van der Waals surface area contributed by atoms with Crippen LogP contribution in [0.5, 0.6) is 11.5 Å². The van der Waals surface area contributed by atoms with Gasteiger partial charge in [0.1, 0.15) is 18.1 Å². The fourth-order valence-corrected chi connectivity index (χ4v) is 5.45. The van der Waals surface area contributed by atoms with Crippen LogP contribution < -0.4 is 19.7 Å². The van der Waals surface area contributed by atoms with E-state index in [1.807, 2.05) is 18.2 Å². The molecule has 0 spiro atoms. The number of fused-ring (bicyclic) bond motifs is 1. The van der Waals surface area contributed by atoms with E-state index in [0.29, 0.717) is 26.2 Å². The molecular formula is C30H42N2O6. The Hall–Kier alpha value is -2.81. The molecule has 0 saturated carbocycles. The Bertz CT molecular complexity index is 1060. The number of nitrogens with one attached hydrogen (secondary N) is 1. The first-order valence-corrected chi connectivity index (χ1v) is 13.5. The number of hydrogen-bond acceptors (Lipinski definition) is 7. The van der Waals surface area contributed by atoms with Crippen LogP contribution in [-0.4, -0.2) is 70.3 Å². The molecule has 1 saturated heterocycles. The summed E-state index contributed by atoms with van der Waals surface area (Å²) in [6.45, 7) is 7.95. The molecule has 1 unspecified atom stereocenters. The molecule has 2 heterocycles. The maximum absolute atomic E-state index is 11.8. The number of piperidine rings is 1. The molecule has 2 aliphatic heterocycles. The summed E-state index contributed by atoms with van der Waals surface area (Å²) in [4.78, 5) is 14.1. The van der Waals surface area contributed by atoms with E-state index in [1.54, 1.807) is 28.1 Å². The number of rotatable bonds is 12. The first-order chi connectivity index (χ1) is 18.3. The van der Waals surface area contributed by atoms with Gasteiger partial charge in [0.15, 0.2) is 0 Å². The van der Waals surface area contributed by atoms with E-state index in [9.17, 15) is 9.90 Å². The molecule has 0 aromatic heterocycles. The van der Waals surface area contributed by atoms with Gasteiger partial charge in [0, 0.05) is 38.8 Å². The standard InChI is InChI=1S/C30H42N2O6/c1-30(2,29(33)34)18-23-17-25(22-7-9-24(36-4)10-8-22)28(19-31-23)38-20-21-6-11-27-26(16-21)32(13-15-37-27)12-5-14-35-3/h6-11,16,23,25,28,31H,5,12-15,17-20H2,1-4H3,(H,33,34)/t23-,25?,28-/m0/s1. The third kappa shape index (κ3) is 6.98. The van der Waals surface area contributed by atoms with Crippen molar-refractivity contribution in [2.75, 3.05) is 52.0 Å². The summed E-state index contributed by atoms with van der Waals surface area (Å²) in [5, 5.41) is 13.2. The number of anilines is 1. The molecule has 38 heavy (non-hydrogen) atoms. The van der Waals surface area contributed by atoms with E-state index < -0.39 is 11.4 Å². The fourth-order valence-electron chi connectivity index (χ4n) is 5.45. The lowest BCUT2D eigenvalue weighted by molar-refractivity contribution is -0.147. The number of carbonyl (C=O) groups is 1. The maximum atomic E-state index is 11.8. The van der Waals surface area contributed by atoms with Crippen LogP contribution in [-0.2, 0) is 20.9 Å². The third-order valence-corrected chi connectivity index (χ3v) is 7.70. The molecule has 8 nitrogen and oxygen atoms in total. The van der Waals surface area contributed by atoms with Gasteiger partial charge in [0.05, 0.1) is 37.5 Å². The van der Waals surface area contributed by atoms with Crippen LogP contribution in [0.15, 0.2) is 42.5 Å². The number of methoxy groups -OCH3 is 2. The molecule has 208 valence electrons. The van der Waals surface area contributed by atoms with Gasteiger partial charge >= 0.3 is 5.97 Å². The molecule has 2 N–H and O–H groups in total. The van der Waals surface area contributed by atoms with E-state index in [0.717, 1.165) is 55.3 Å². The monoisotopic (exact) mass is 526 g/mol. The quantitative estimate of drug-likeness (QED) is 0.392. The zero-order valence-electron chi connectivity index (χ0n) is 23.1. The minimum Gasteiger partial charge on any atom is -0.497 e. The molecule has 1 fully saturated rings. The average Bonchev–Trinajstić information content (AvgIpc) is 2.92. The van der Waals surface area contributed by atoms with Crippen molar-refractivity contribution in [2.24, 2.45) is 5.41 Å². The van der Waals surface area contributed by atoms with Gasteiger partial charge < -0.3 is 34.3 Å². The van der Waals surface area contributed by atoms with Crippen LogP contribution in [0.1, 0.15) is 50.2 Å². The van der Waals surface area contributed by atoms with Gasteiger partial charge in [-0.15, -0.1) is 0 Å². The maximum Gasteiger partial charge on any atom is 0.309 e. The minimum atomic E-state index is -0.795. The summed E-state index contributed by atoms with van der Waals surface area (Å²) in [6.07, 6.45) is 2.29. The summed E-state index contributed by atoms with van der Waals surface area (Å²) in [5.74, 6) is 1.10. The van der Waals surface area contributed by atoms with Crippen molar-refractivity contribution < 1.29 is 28.8 Å². The normalized spacial score (nSPS) is 21.5. The van der Waals surface area contributed by atoms with Crippen LogP contribution in [0.4, 0.5) is 5.69 Å². The molecule has 0 bridgehead atoms. The zero-order chi connectivity index (χ0) is 27.1. The molecule has 3 atom stereocenters. The van der Waals surface area contributed by atoms with Gasteiger partial charge in [-0.05, 0) is 68.5 Å². The predicted molar refractivity (Wildman–Crippen MR) is 147 cm³/mol. The van der Waals surface area contributed by atoms with E-state index >= 15 is 0 Å². The lowest BCUT2D eigenvalue weighted by atomic mass is 9.78. The van der Waals surface area contributed by atoms with Crippen molar-refractivity contribution in [3.63, 3.8) is 0 Å². The van der Waals surface area contributed by atoms with Gasteiger partial charge in [0.25, 0.3) is 0 Å². The molecule has 0 aliphatic carbocycles. The topological polar surface area (TPSA) is 89.5 Å². The van der Waals surface area contributed by atoms with E-state index in [2.05, 4.69) is 34.5 Å². The number of nitrogens with zero attached hydrogens (tertiary/aromatic N) is 1. The summed E-state index contributed by atoms with van der Waals surface area (Å²) in [6, 6.07) is 14.5. The number of carboxylic acids is 1. The Morgan fingerprint density at radius 3 is 2.68 bits per heavy atom. The Morgan fingerprint density at radius 1 is 1.18 bits per heavy atom. The van der Waals surface area contributed by atoms with Crippen LogP contribution in [0.3, 0.4) is 0 Å². The average molecular weight is 527 g/mol. The van der Waals surface area contributed by atoms with Crippen molar-refractivity contribution in [2.45, 2.75) is 57.8 Å². The molecule has 2 aromatic carbocycles. The summed E-state index contributed by atoms with van der Waals surface area (Å²) in [7, 11) is 3.40. The van der Waals surface area contributed by atoms with Crippen molar-refractivity contribution in [3.8, 4) is 11.5 Å². The zero-order valence-corrected chi connectivity index (χ0v) is 23.1. The van der Waals surface area contributed by atoms with Crippen LogP contribution in [0.25, 0.3) is 0 Å². The SMILES string of the molecule is COCCCN1CCOc2ccc(CO[C@H]3CN[C@H](CC(C)(C)C(=O)O)CC3c3ccc(OC)cc3)cc21. The smallest absolute Gasteiger partial charge is 0.309 e. The molecule has 8 heteroatoms. The highest BCUT2D eigenvalue weighted by atomic mass is 16.5. The van der Waals surface area contributed by atoms with Crippen LogP contribution in [0.2, 0.25) is 0 Å². The Labute approximate surface area is 226 Å². The second kappa shape index (κ2) is 12.8. The molecule has 0 radical (unpaired) electrons. The largest absolute Gasteiger partial charge is 0.497 e. The van der Waals surface area contributed by atoms with Crippen molar-refractivity contribution in [1.29, 1.82) is 0 Å². The summed E-state index contributed by atoms with van der Waals surface area (Å²) < 4.78 is 23.0. The molecule has 0 amide bonds. The predicted octanol–water partition coefficient (Wildman–Crippen LogP) is 4.46. The minimum absolute atomic E-state index is 0.0438. The first kappa shape index (κ1) is 28.2. The van der Waals surface area contributed by atoms with Crippen molar-refractivity contribution >= 4 is 11.7 Å². The second-order valence-electron chi connectivity index (χ2n) is 10.9. The van der Waals surface area contributed by atoms with Gasteiger partial charge in [-0.2, -0.15) is 0 Å². The highest BCUT2D eigenvalue weighted by Gasteiger charge is 2.37. The number of hydrogen-bond donors (Lipinski definition) is 2. The van der Waals surface area contributed by atoms with Crippen LogP contribution in [0, 0.1) is 5.41 Å². The second-order valence-corrected chi connectivity index (χ2v) is 10.9. The third-order valence-electron chi connectivity index (χ3n) is 7.70. The van der Waals surface area contributed by atoms with E-state index in [1.165, 1.54) is 5.56 Å². The highest BCUT2D eigenvalue weighted by Crippen LogP contribution is 2.37. The number of aliphatic carboxylic acids is 1. The molecule has 2 aliphatic rings. The van der Waals surface area contributed by atoms with Crippen molar-refractivity contribution in [3.05, 3.63) is 53.6 Å². The number of ether oxygens (including phenoxy) is 4. The highest BCUT2D eigenvalue weighted by molar-refractivity contribution is 5.73. The van der Waals surface area contributed by atoms with E-state index in [-0.39, 0.29) is 18.1 Å². The fraction of sp³-hybridized carbons (Fsp3) is 0.567.